The van der Waals surface area contributed by atoms with Gasteiger partial charge in [-0.25, -0.2) is 0 Å². The molecule has 1 fully saturated rings. The molecule has 0 amide bonds. The highest BCUT2D eigenvalue weighted by molar-refractivity contribution is 8.00. The second-order valence-corrected chi connectivity index (χ2v) is 5.92. The number of benzene rings is 1. The Labute approximate surface area is 108 Å². The van der Waals surface area contributed by atoms with Crippen molar-refractivity contribution in [2.45, 2.75) is 31.1 Å². The second kappa shape index (κ2) is 6.31. The summed E-state index contributed by atoms with van der Waals surface area (Å²) in [6, 6.07) is 8.60. The van der Waals surface area contributed by atoms with Crippen molar-refractivity contribution in [3.05, 3.63) is 29.8 Å². The van der Waals surface area contributed by atoms with Gasteiger partial charge in [-0.1, -0.05) is 18.2 Å². The number of nitrogens with one attached hydrogen (secondary N) is 1. The quantitative estimate of drug-likeness (QED) is 0.868. The first-order chi connectivity index (χ1) is 8.31. The minimum atomic E-state index is 0.354. The summed E-state index contributed by atoms with van der Waals surface area (Å²) in [4.78, 5) is 0. The molecule has 3 heteroatoms. The molecule has 0 bridgehead atoms. The first kappa shape index (κ1) is 12.8. The predicted octanol–water partition coefficient (Wildman–Crippen LogP) is 3.24. The van der Waals surface area contributed by atoms with Crippen LogP contribution in [0.15, 0.2) is 24.3 Å². The van der Waals surface area contributed by atoms with Crippen LogP contribution in [0.25, 0.3) is 0 Å². The summed E-state index contributed by atoms with van der Waals surface area (Å²) in [5, 5.41) is 4.41. The molecule has 0 saturated carbocycles. The Balaban J connectivity index is 1.91. The Hall–Kier alpha value is -0.670. The van der Waals surface area contributed by atoms with Crippen LogP contribution < -0.4 is 10.1 Å². The molecule has 0 spiro atoms. The van der Waals surface area contributed by atoms with Gasteiger partial charge in [0.25, 0.3) is 0 Å². The average Bonchev–Trinajstić information content (AvgIpc) is 2.89. The maximum atomic E-state index is 5.39. The van der Waals surface area contributed by atoms with Crippen molar-refractivity contribution >= 4 is 11.8 Å². The standard InChI is InChI=1S/C14H21NOS/c1-11(15-10-12-6-5-9-17-12)13-7-3-4-8-14(13)16-2/h3-4,7-8,11-12,15H,5-6,9-10H2,1-2H3. The minimum Gasteiger partial charge on any atom is -0.496 e. The molecule has 17 heavy (non-hydrogen) atoms. The van der Waals surface area contributed by atoms with Crippen molar-refractivity contribution in [3.8, 4) is 5.75 Å². The van der Waals surface area contributed by atoms with E-state index in [4.69, 9.17) is 4.74 Å². The summed E-state index contributed by atoms with van der Waals surface area (Å²) >= 11 is 2.10. The van der Waals surface area contributed by atoms with E-state index in [1.54, 1.807) is 7.11 Å². The average molecular weight is 251 g/mol. The smallest absolute Gasteiger partial charge is 0.123 e. The first-order valence-electron chi connectivity index (χ1n) is 6.29. The molecule has 0 aliphatic carbocycles. The molecule has 1 aliphatic heterocycles. The highest BCUT2D eigenvalue weighted by Crippen LogP contribution is 2.28. The van der Waals surface area contributed by atoms with Crippen LogP contribution in [-0.4, -0.2) is 24.7 Å². The highest BCUT2D eigenvalue weighted by atomic mass is 32.2. The molecular formula is C14H21NOS. The molecule has 1 aliphatic rings. The van der Waals surface area contributed by atoms with Gasteiger partial charge in [0.15, 0.2) is 0 Å². The largest absolute Gasteiger partial charge is 0.496 e. The summed E-state index contributed by atoms with van der Waals surface area (Å²) < 4.78 is 5.39. The summed E-state index contributed by atoms with van der Waals surface area (Å²) in [6.45, 7) is 3.31. The van der Waals surface area contributed by atoms with Gasteiger partial charge in [0.2, 0.25) is 0 Å². The Bertz CT molecular complexity index is 350. The molecule has 2 nitrogen and oxygen atoms in total. The van der Waals surface area contributed by atoms with Gasteiger partial charge in [-0.05, 0) is 31.6 Å². The second-order valence-electron chi connectivity index (χ2n) is 4.51. The van der Waals surface area contributed by atoms with E-state index >= 15 is 0 Å². The maximum Gasteiger partial charge on any atom is 0.123 e. The van der Waals surface area contributed by atoms with Crippen LogP contribution >= 0.6 is 11.8 Å². The summed E-state index contributed by atoms with van der Waals surface area (Å²) in [5.74, 6) is 2.31. The van der Waals surface area contributed by atoms with E-state index in [9.17, 15) is 0 Å². The summed E-state index contributed by atoms with van der Waals surface area (Å²) in [7, 11) is 1.73. The molecule has 1 N–H and O–H groups in total. The molecule has 1 saturated heterocycles. The number of thioether (sulfide) groups is 1. The van der Waals surface area contributed by atoms with Crippen LogP contribution in [0.3, 0.4) is 0 Å². The van der Waals surface area contributed by atoms with E-state index in [0.717, 1.165) is 17.5 Å². The molecule has 0 radical (unpaired) electrons. The number of para-hydroxylation sites is 1. The molecule has 2 rings (SSSR count). The zero-order valence-electron chi connectivity index (χ0n) is 10.6. The fourth-order valence-corrected chi connectivity index (χ4v) is 3.46. The number of ether oxygens (including phenoxy) is 1. The Morgan fingerprint density at radius 3 is 3.00 bits per heavy atom. The molecule has 1 aromatic rings. The van der Waals surface area contributed by atoms with Crippen molar-refractivity contribution in [1.82, 2.24) is 5.32 Å². The zero-order valence-corrected chi connectivity index (χ0v) is 11.4. The fraction of sp³-hybridized carbons (Fsp3) is 0.571. The highest BCUT2D eigenvalue weighted by Gasteiger charge is 2.17. The Morgan fingerprint density at radius 1 is 1.47 bits per heavy atom. The number of hydrogen-bond donors (Lipinski definition) is 1. The third kappa shape index (κ3) is 3.39. The SMILES string of the molecule is COc1ccccc1C(C)NCC1CCCS1. The topological polar surface area (TPSA) is 21.3 Å². The van der Waals surface area contributed by atoms with E-state index in [-0.39, 0.29) is 0 Å². The van der Waals surface area contributed by atoms with Gasteiger partial charge in [0, 0.05) is 23.4 Å². The van der Waals surface area contributed by atoms with E-state index in [0.29, 0.717) is 6.04 Å². The van der Waals surface area contributed by atoms with E-state index < -0.39 is 0 Å². The van der Waals surface area contributed by atoms with Gasteiger partial charge in [-0.3, -0.25) is 0 Å². The van der Waals surface area contributed by atoms with Crippen LogP contribution in [0.1, 0.15) is 31.4 Å². The number of methoxy groups -OCH3 is 1. The van der Waals surface area contributed by atoms with Crippen molar-refractivity contribution in [2.75, 3.05) is 19.4 Å². The van der Waals surface area contributed by atoms with Gasteiger partial charge >= 0.3 is 0 Å². The van der Waals surface area contributed by atoms with Crippen molar-refractivity contribution in [2.24, 2.45) is 0 Å². The van der Waals surface area contributed by atoms with Crippen LogP contribution in [0.5, 0.6) is 5.75 Å². The third-order valence-corrected chi connectivity index (χ3v) is 4.68. The first-order valence-corrected chi connectivity index (χ1v) is 7.34. The van der Waals surface area contributed by atoms with Crippen LogP contribution in [0, 0.1) is 0 Å². The molecule has 0 aromatic heterocycles. The molecular weight excluding hydrogens is 230 g/mol. The van der Waals surface area contributed by atoms with Gasteiger partial charge in [0.1, 0.15) is 5.75 Å². The fourth-order valence-electron chi connectivity index (χ4n) is 2.25. The normalized spacial score (nSPS) is 21.4. The number of rotatable bonds is 5. The van der Waals surface area contributed by atoms with Gasteiger partial charge in [-0.2, -0.15) is 11.8 Å². The minimum absolute atomic E-state index is 0.354. The Kier molecular flexibility index (Phi) is 4.75. The van der Waals surface area contributed by atoms with Crippen molar-refractivity contribution in [1.29, 1.82) is 0 Å². The molecule has 94 valence electrons. The van der Waals surface area contributed by atoms with Gasteiger partial charge in [-0.15, -0.1) is 0 Å². The monoisotopic (exact) mass is 251 g/mol. The van der Waals surface area contributed by atoms with E-state index in [2.05, 4.69) is 36.1 Å². The van der Waals surface area contributed by atoms with Crippen LogP contribution in [-0.2, 0) is 0 Å². The molecule has 2 atom stereocenters. The van der Waals surface area contributed by atoms with Gasteiger partial charge < -0.3 is 10.1 Å². The lowest BCUT2D eigenvalue weighted by atomic mass is 10.1. The summed E-state index contributed by atoms with van der Waals surface area (Å²) in [6.07, 6.45) is 2.73. The van der Waals surface area contributed by atoms with Crippen LogP contribution in [0.2, 0.25) is 0 Å². The molecule has 2 unspecified atom stereocenters. The Morgan fingerprint density at radius 2 is 2.29 bits per heavy atom. The third-order valence-electron chi connectivity index (χ3n) is 3.28. The lowest BCUT2D eigenvalue weighted by Crippen LogP contribution is -2.26. The van der Waals surface area contributed by atoms with E-state index in [1.807, 2.05) is 12.1 Å². The molecule has 1 heterocycles. The van der Waals surface area contributed by atoms with Crippen molar-refractivity contribution in [3.63, 3.8) is 0 Å². The molecule has 1 aromatic carbocycles. The van der Waals surface area contributed by atoms with Crippen molar-refractivity contribution < 1.29 is 4.74 Å². The maximum absolute atomic E-state index is 5.39. The number of hydrogen-bond acceptors (Lipinski definition) is 3. The van der Waals surface area contributed by atoms with E-state index in [1.165, 1.54) is 24.2 Å². The van der Waals surface area contributed by atoms with Crippen LogP contribution in [0.4, 0.5) is 0 Å². The predicted molar refractivity (Wildman–Crippen MR) is 74.9 cm³/mol. The van der Waals surface area contributed by atoms with Gasteiger partial charge in [0.05, 0.1) is 7.11 Å². The lowest BCUT2D eigenvalue weighted by Gasteiger charge is -2.19. The zero-order chi connectivity index (χ0) is 12.1. The lowest BCUT2D eigenvalue weighted by molar-refractivity contribution is 0.401. The summed E-state index contributed by atoms with van der Waals surface area (Å²) in [5.41, 5.74) is 1.25.